The summed E-state index contributed by atoms with van der Waals surface area (Å²) >= 11 is 0. The lowest BCUT2D eigenvalue weighted by Crippen LogP contribution is -2.24. The van der Waals surface area contributed by atoms with Crippen LogP contribution in [0.1, 0.15) is 51.0 Å². The molecule has 1 aromatic rings. The maximum Gasteiger partial charge on any atom is 0.323 e. The fourth-order valence-electron chi connectivity index (χ4n) is 2.26. The van der Waals surface area contributed by atoms with Gasteiger partial charge in [-0.2, -0.15) is 0 Å². The predicted octanol–water partition coefficient (Wildman–Crippen LogP) is 4.39. The van der Waals surface area contributed by atoms with Crippen LogP contribution in [0.25, 0.3) is 0 Å². The van der Waals surface area contributed by atoms with Crippen LogP contribution in [0.4, 0.5) is 10.5 Å². The molecule has 0 spiro atoms. The first-order valence-corrected chi connectivity index (χ1v) is 7.00. The van der Waals surface area contributed by atoms with E-state index < -0.39 is 0 Å². The van der Waals surface area contributed by atoms with Gasteiger partial charge in [-0.25, -0.2) is 4.79 Å². The van der Waals surface area contributed by atoms with Gasteiger partial charge in [-0.3, -0.25) is 0 Å². The van der Waals surface area contributed by atoms with Gasteiger partial charge in [0.2, 0.25) is 0 Å². The van der Waals surface area contributed by atoms with Crippen molar-refractivity contribution in [1.29, 1.82) is 0 Å². The molecule has 1 aliphatic carbocycles. The van der Waals surface area contributed by atoms with Gasteiger partial charge in [0.1, 0.15) is 0 Å². The number of carbonyl (C=O) groups excluding carboxylic acids is 1. The lowest BCUT2D eigenvalue weighted by molar-refractivity contribution is 0.255. The third-order valence-corrected chi connectivity index (χ3v) is 3.49. The van der Waals surface area contributed by atoms with Crippen LogP contribution in [0.5, 0.6) is 0 Å². The van der Waals surface area contributed by atoms with Crippen molar-refractivity contribution in [1.82, 2.24) is 5.32 Å². The van der Waals surface area contributed by atoms with E-state index >= 15 is 0 Å². The molecular weight excluding hydrogens is 236 g/mol. The topological polar surface area (TPSA) is 41.1 Å². The summed E-state index contributed by atoms with van der Waals surface area (Å²) in [5.74, 6) is 0.509. The first kappa shape index (κ1) is 13.7. The van der Waals surface area contributed by atoms with Crippen LogP contribution in [-0.2, 0) is 0 Å². The average Bonchev–Trinajstić information content (AvgIpc) is 2.90. The van der Waals surface area contributed by atoms with Crippen LogP contribution in [0.3, 0.4) is 0 Å². The first-order valence-electron chi connectivity index (χ1n) is 7.00. The van der Waals surface area contributed by atoms with Crippen molar-refractivity contribution >= 4 is 11.7 Å². The summed E-state index contributed by atoms with van der Waals surface area (Å²) in [4.78, 5) is 11.7. The molecule has 0 aliphatic heterocycles. The molecule has 1 fully saturated rings. The summed E-state index contributed by atoms with van der Waals surface area (Å²) in [5.41, 5.74) is 3.44. The number of amides is 2. The normalized spacial score (nSPS) is 14.6. The molecule has 0 unspecified atom stereocenters. The maximum absolute atomic E-state index is 11.7. The number of hydrogen-bond donors (Lipinski definition) is 2. The number of carbonyl (C=O) groups is 1. The van der Waals surface area contributed by atoms with E-state index in [0.717, 1.165) is 18.5 Å². The number of benzene rings is 1. The lowest BCUT2D eigenvalue weighted by atomic mass is 10.0. The summed E-state index contributed by atoms with van der Waals surface area (Å²) in [6, 6.07) is 7.82. The summed E-state index contributed by atoms with van der Waals surface area (Å²) in [5, 5.41) is 5.64. The smallest absolute Gasteiger partial charge is 0.314 e. The van der Waals surface area contributed by atoms with Gasteiger partial charge in [-0.1, -0.05) is 31.6 Å². The summed E-state index contributed by atoms with van der Waals surface area (Å²) in [6.45, 7) is 4.31. The molecule has 0 saturated heterocycles. The van der Waals surface area contributed by atoms with E-state index in [-0.39, 0.29) is 6.03 Å². The summed E-state index contributed by atoms with van der Waals surface area (Å²) in [7, 11) is 0. The van der Waals surface area contributed by atoms with E-state index in [1.807, 2.05) is 18.3 Å². The Hall–Kier alpha value is -1.77. The van der Waals surface area contributed by atoms with Gasteiger partial charge in [0, 0.05) is 11.9 Å². The van der Waals surface area contributed by atoms with Crippen LogP contribution in [-0.4, -0.2) is 6.03 Å². The van der Waals surface area contributed by atoms with Gasteiger partial charge in [0.15, 0.2) is 0 Å². The number of anilines is 1. The molecule has 0 radical (unpaired) electrons. The molecule has 0 aromatic heterocycles. The lowest BCUT2D eigenvalue weighted by Gasteiger charge is -2.08. The Bertz CT molecular complexity index is 452. The standard InChI is InChI=1S/C16H22N2O/c1-12(2)14-7-9-15(10-8-14)18-16(19)17-11-13-5-3-4-6-13/h7-12H,3-6H2,1-2H3,(H2,17,18,19). The number of hydrogen-bond acceptors (Lipinski definition) is 1. The van der Waals surface area contributed by atoms with Crippen LogP contribution in [0.15, 0.2) is 36.0 Å². The Labute approximate surface area is 115 Å². The van der Waals surface area contributed by atoms with Crippen molar-refractivity contribution in [2.24, 2.45) is 0 Å². The zero-order valence-electron chi connectivity index (χ0n) is 11.7. The van der Waals surface area contributed by atoms with Crippen molar-refractivity contribution in [3.05, 3.63) is 41.6 Å². The molecule has 0 heterocycles. The molecule has 102 valence electrons. The highest BCUT2D eigenvalue weighted by Gasteiger charge is 2.07. The molecule has 2 N–H and O–H groups in total. The predicted molar refractivity (Wildman–Crippen MR) is 79.2 cm³/mol. The second-order valence-corrected chi connectivity index (χ2v) is 5.38. The Morgan fingerprint density at radius 1 is 1.16 bits per heavy atom. The Morgan fingerprint density at radius 2 is 1.79 bits per heavy atom. The minimum Gasteiger partial charge on any atom is -0.314 e. The van der Waals surface area contributed by atoms with E-state index in [1.165, 1.54) is 24.0 Å². The number of nitrogens with one attached hydrogen (secondary N) is 2. The van der Waals surface area contributed by atoms with E-state index in [1.54, 1.807) is 0 Å². The number of rotatable bonds is 3. The fraction of sp³-hybridized carbons (Fsp3) is 0.438. The third kappa shape index (κ3) is 4.12. The van der Waals surface area contributed by atoms with Crippen LogP contribution in [0.2, 0.25) is 0 Å². The highest BCUT2D eigenvalue weighted by Crippen LogP contribution is 2.22. The summed E-state index contributed by atoms with van der Waals surface area (Å²) in [6.07, 6.45) is 6.56. The van der Waals surface area contributed by atoms with E-state index in [2.05, 4.69) is 36.6 Å². The molecule has 3 nitrogen and oxygen atoms in total. The fourth-order valence-corrected chi connectivity index (χ4v) is 2.26. The molecular formula is C16H22N2O. The second-order valence-electron chi connectivity index (χ2n) is 5.38. The molecule has 0 atom stereocenters. The van der Waals surface area contributed by atoms with Crippen LogP contribution in [0, 0.1) is 0 Å². The van der Waals surface area contributed by atoms with Crippen molar-refractivity contribution in [2.75, 3.05) is 5.32 Å². The van der Waals surface area contributed by atoms with Crippen molar-refractivity contribution in [2.45, 2.75) is 45.4 Å². The number of allylic oxidation sites excluding steroid dienone is 1. The minimum absolute atomic E-state index is 0.170. The molecule has 2 amide bonds. The van der Waals surface area contributed by atoms with Crippen molar-refractivity contribution in [3.63, 3.8) is 0 Å². The third-order valence-electron chi connectivity index (χ3n) is 3.49. The largest absolute Gasteiger partial charge is 0.323 e. The highest BCUT2D eigenvalue weighted by atomic mass is 16.2. The maximum atomic E-state index is 11.7. The van der Waals surface area contributed by atoms with Gasteiger partial charge in [-0.05, 0) is 49.3 Å². The van der Waals surface area contributed by atoms with E-state index in [4.69, 9.17) is 0 Å². The zero-order chi connectivity index (χ0) is 13.7. The average molecular weight is 258 g/mol. The minimum atomic E-state index is -0.170. The van der Waals surface area contributed by atoms with Gasteiger partial charge in [-0.15, -0.1) is 0 Å². The van der Waals surface area contributed by atoms with Gasteiger partial charge >= 0.3 is 6.03 Å². The second kappa shape index (κ2) is 6.41. The molecule has 1 saturated carbocycles. The zero-order valence-corrected chi connectivity index (χ0v) is 11.7. The summed E-state index contributed by atoms with van der Waals surface area (Å²) < 4.78 is 0. The quantitative estimate of drug-likeness (QED) is 0.829. The molecule has 1 aliphatic rings. The van der Waals surface area contributed by atoms with Crippen LogP contribution >= 0.6 is 0 Å². The SMILES string of the molecule is CC(C)c1ccc(NC(=O)NC=C2CCCC2)cc1. The Morgan fingerprint density at radius 3 is 2.37 bits per heavy atom. The Kier molecular flexibility index (Phi) is 4.61. The molecule has 2 rings (SSSR count). The van der Waals surface area contributed by atoms with Gasteiger partial charge in [0.25, 0.3) is 0 Å². The number of urea groups is 1. The molecule has 1 aromatic carbocycles. The van der Waals surface area contributed by atoms with E-state index in [9.17, 15) is 4.79 Å². The Balaban J connectivity index is 1.86. The van der Waals surface area contributed by atoms with E-state index in [0.29, 0.717) is 5.92 Å². The molecule has 3 heteroatoms. The molecule has 0 bridgehead atoms. The monoisotopic (exact) mass is 258 g/mol. The first-order chi connectivity index (χ1) is 9.15. The van der Waals surface area contributed by atoms with Crippen LogP contribution < -0.4 is 10.6 Å². The van der Waals surface area contributed by atoms with Crippen molar-refractivity contribution in [3.8, 4) is 0 Å². The van der Waals surface area contributed by atoms with Crippen molar-refractivity contribution < 1.29 is 4.79 Å². The molecule has 19 heavy (non-hydrogen) atoms. The highest BCUT2D eigenvalue weighted by molar-refractivity contribution is 5.89. The van der Waals surface area contributed by atoms with Gasteiger partial charge in [0.05, 0.1) is 0 Å². The van der Waals surface area contributed by atoms with Gasteiger partial charge < -0.3 is 10.6 Å².